The molecule has 2 nitrogen and oxygen atoms in total. The topological polar surface area (TPSA) is 6.48 Å². The number of fused-ring (bicyclic) bond motifs is 2. The fraction of sp³-hybridized carbons (Fsp3) is 0.129. The van der Waals surface area contributed by atoms with E-state index in [0.717, 1.165) is 32.1 Å². The maximum absolute atomic E-state index is 2.52. The van der Waals surface area contributed by atoms with Crippen molar-refractivity contribution in [1.29, 1.82) is 0 Å². The van der Waals surface area contributed by atoms with Crippen molar-refractivity contribution in [2.75, 3.05) is 9.80 Å². The van der Waals surface area contributed by atoms with Gasteiger partial charge in [-0.15, -0.1) is 0 Å². The summed E-state index contributed by atoms with van der Waals surface area (Å²) in [6.07, 6.45) is 39.8. The first-order chi connectivity index (χ1) is 31.8. The Labute approximate surface area is 378 Å². The zero-order valence-corrected chi connectivity index (χ0v) is 36.2. The van der Waals surface area contributed by atoms with Crippen LogP contribution >= 0.6 is 0 Å². The Morgan fingerprint density at radius 2 is 1.20 bits per heavy atom. The molecule has 3 unspecified atom stereocenters. The van der Waals surface area contributed by atoms with Crippen LogP contribution in [0.15, 0.2) is 259 Å². The minimum atomic E-state index is 0.193. The molecule has 3 atom stereocenters. The summed E-state index contributed by atoms with van der Waals surface area (Å²) in [4.78, 5) is 5.02. The molecule has 0 aromatic heterocycles. The molecular weight excluding hydrogens is 773 g/mol. The number of rotatable bonds is 10. The van der Waals surface area contributed by atoms with E-state index in [9.17, 15) is 0 Å². The SMILES string of the molecule is C1=CCCC(N(c2ccc(-c3cccc4ccccc34)cc2)c2ccccc2C2=CC(c3ccccc3N(C3=CC=C(C4=CC=CC5C=CC=CC45)CC3)c3ccccc3)CC=C2)=C1. The van der Waals surface area contributed by atoms with Crippen molar-refractivity contribution >= 4 is 39.1 Å². The molecule has 0 amide bonds. The van der Waals surface area contributed by atoms with Gasteiger partial charge in [0.15, 0.2) is 0 Å². The maximum atomic E-state index is 2.52. The highest BCUT2D eigenvalue weighted by molar-refractivity contribution is 5.97. The molecule has 11 rings (SSSR count). The average molecular weight is 825 g/mol. The van der Waals surface area contributed by atoms with Gasteiger partial charge in [-0.2, -0.15) is 0 Å². The Bertz CT molecular complexity index is 3030. The van der Waals surface area contributed by atoms with E-state index >= 15 is 0 Å². The van der Waals surface area contributed by atoms with Crippen LogP contribution in [-0.4, -0.2) is 0 Å². The predicted molar refractivity (Wildman–Crippen MR) is 272 cm³/mol. The molecule has 6 aromatic rings. The van der Waals surface area contributed by atoms with E-state index < -0.39 is 0 Å². The Morgan fingerprint density at radius 1 is 0.484 bits per heavy atom. The third-order valence-electron chi connectivity index (χ3n) is 13.6. The summed E-state index contributed by atoms with van der Waals surface area (Å²) in [6, 6.07) is 53.5. The van der Waals surface area contributed by atoms with E-state index in [1.807, 2.05) is 0 Å². The van der Waals surface area contributed by atoms with Gasteiger partial charge in [0.05, 0.1) is 5.69 Å². The van der Waals surface area contributed by atoms with E-state index in [4.69, 9.17) is 0 Å². The zero-order chi connectivity index (χ0) is 42.7. The first kappa shape index (κ1) is 39.4. The molecule has 310 valence electrons. The highest BCUT2D eigenvalue weighted by Gasteiger charge is 2.29. The van der Waals surface area contributed by atoms with Crippen molar-refractivity contribution < 1.29 is 0 Å². The highest BCUT2D eigenvalue weighted by atomic mass is 15.2. The van der Waals surface area contributed by atoms with Gasteiger partial charge in [-0.3, -0.25) is 0 Å². The van der Waals surface area contributed by atoms with Gasteiger partial charge in [0, 0.05) is 51.8 Å². The van der Waals surface area contributed by atoms with Gasteiger partial charge in [0.2, 0.25) is 0 Å². The van der Waals surface area contributed by atoms with Gasteiger partial charge in [-0.05, 0) is 125 Å². The van der Waals surface area contributed by atoms with Gasteiger partial charge in [0.1, 0.15) is 0 Å². The van der Waals surface area contributed by atoms with Crippen molar-refractivity contribution in [2.24, 2.45) is 11.8 Å². The molecule has 5 aliphatic carbocycles. The van der Waals surface area contributed by atoms with Crippen LogP contribution in [-0.2, 0) is 0 Å². The predicted octanol–water partition coefficient (Wildman–Crippen LogP) is 16.6. The Balaban J connectivity index is 0.951. The third kappa shape index (κ3) is 7.71. The molecule has 0 heterocycles. The normalized spacial score (nSPS) is 19.9. The minimum absolute atomic E-state index is 0.193. The molecular formula is C62H52N2. The quantitative estimate of drug-likeness (QED) is 0.136. The van der Waals surface area contributed by atoms with Crippen LogP contribution in [0.2, 0.25) is 0 Å². The summed E-state index contributed by atoms with van der Waals surface area (Å²) >= 11 is 0. The number of para-hydroxylation sites is 3. The van der Waals surface area contributed by atoms with Crippen LogP contribution in [0, 0.1) is 11.8 Å². The lowest BCUT2D eigenvalue weighted by Crippen LogP contribution is -2.22. The van der Waals surface area contributed by atoms with Crippen molar-refractivity contribution in [3.05, 3.63) is 270 Å². The maximum Gasteiger partial charge on any atom is 0.0536 e. The Morgan fingerprint density at radius 3 is 2.06 bits per heavy atom. The summed E-state index contributed by atoms with van der Waals surface area (Å²) in [5.41, 5.74) is 16.6. The zero-order valence-electron chi connectivity index (χ0n) is 36.2. The van der Waals surface area contributed by atoms with Crippen LogP contribution in [0.3, 0.4) is 0 Å². The molecule has 0 N–H and O–H groups in total. The molecule has 0 radical (unpaired) electrons. The summed E-state index contributed by atoms with van der Waals surface area (Å²) in [6.45, 7) is 0. The Hall–Kier alpha value is -7.42. The average Bonchev–Trinajstić information content (AvgIpc) is 3.38. The van der Waals surface area contributed by atoms with Crippen molar-refractivity contribution in [3.8, 4) is 11.1 Å². The lowest BCUT2D eigenvalue weighted by molar-refractivity contribution is 0.621. The molecule has 0 fully saturated rings. The van der Waals surface area contributed by atoms with E-state index in [0.29, 0.717) is 11.8 Å². The monoisotopic (exact) mass is 824 g/mol. The van der Waals surface area contributed by atoms with Gasteiger partial charge in [-0.25, -0.2) is 0 Å². The number of anilines is 4. The fourth-order valence-electron chi connectivity index (χ4n) is 10.4. The summed E-state index contributed by atoms with van der Waals surface area (Å²) in [5.74, 6) is 1.05. The second-order valence-electron chi connectivity index (χ2n) is 17.4. The van der Waals surface area contributed by atoms with Crippen molar-refractivity contribution in [3.63, 3.8) is 0 Å². The van der Waals surface area contributed by atoms with Crippen molar-refractivity contribution in [2.45, 2.75) is 38.0 Å². The molecule has 0 spiro atoms. The van der Waals surface area contributed by atoms with E-state index in [1.54, 1.807) is 0 Å². The molecule has 0 aliphatic heterocycles. The first-order valence-corrected chi connectivity index (χ1v) is 23.1. The number of nitrogens with zero attached hydrogens (tertiary/aromatic N) is 2. The lowest BCUT2D eigenvalue weighted by Gasteiger charge is -2.34. The second-order valence-corrected chi connectivity index (χ2v) is 17.4. The van der Waals surface area contributed by atoms with Crippen LogP contribution in [0.1, 0.15) is 49.1 Å². The summed E-state index contributed by atoms with van der Waals surface area (Å²) < 4.78 is 0. The standard InChI is InChI=1S/C62H52N2/c1-3-24-51(25-4-1)63(53-40-36-47(37-41-53)57-32-16-20-45-18-7-9-28-55(45)57)61-34-13-11-30-59(61)49-22-15-23-50(44-49)60-31-12-14-35-62(60)64(52-26-5-2-6-27-52)54-42-38-48(39-43-54)58-33-17-21-46-19-8-10-29-56(46)58/h1-5,7-21,23-26,28-36,38-40,42-45,49,55H,6,22,27,37,41H2. The smallest absolute Gasteiger partial charge is 0.0536 e. The molecule has 0 bridgehead atoms. The van der Waals surface area contributed by atoms with Gasteiger partial charge in [-0.1, -0.05) is 188 Å². The van der Waals surface area contributed by atoms with Crippen LogP contribution < -0.4 is 9.80 Å². The van der Waals surface area contributed by atoms with Crippen LogP contribution in [0.4, 0.5) is 22.7 Å². The van der Waals surface area contributed by atoms with E-state index in [2.05, 4.69) is 247 Å². The molecule has 0 saturated heterocycles. The third-order valence-corrected chi connectivity index (χ3v) is 13.6. The summed E-state index contributed by atoms with van der Waals surface area (Å²) in [5, 5.41) is 2.54. The number of benzene rings is 6. The molecule has 5 aliphatic rings. The molecule has 0 saturated carbocycles. The minimum Gasteiger partial charge on any atom is -0.314 e. The van der Waals surface area contributed by atoms with Crippen LogP contribution in [0.5, 0.6) is 0 Å². The second kappa shape index (κ2) is 17.8. The first-order valence-electron chi connectivity index (χ1n) is 23.1. The lowest BCUT2D eigenvalue weighted by atomic mass is 9.75. The van der Waals surface area contributed by atoms with Gasteiger partial charge in [0.25, 0.3) is 0 Å². The molecule has 6 aromatic carbocycles. The van der Waals surface area contributed by atoms with Gasteiger partial charge < -0.3 is 9.80 Å². The van der Waals surface area contributed by atoms with Gasteiger partial charge >= 0.3 is 0 Å². The Kier molecular flexibility index (Phi) is 10.9. The number of hydrogen-bond donors (Lipinski definition) is 0. The number of allylic oxidation sites excluding steroid dienone is 20. The van der Waals surface area contributed by atoms with Crippen molar-refractivity contribution in [1.82, 2.24) is 0 Å². The molecule has 64 heavy (non-hydrogen) atoms. The number of hydrogen-bond acceptors (Lipinski definition) is 2. The van der Waals surface area contributed by atoms with Crippen LogP contribution in [0.25, 0.3) is 27.5 Å². The highest BCUT2D eigenvalue weighted by Crippen LogP contribution is 2.46. The van der Waals surface area contributed by atoms with E-state index in [-0.39, 0.29) is 5.92 Å². The molecule has 2 heteroatoms. The fourth-order valence-corrected chi connectivity index (χ4v) is 10.4. The largest absolute Gasteiger partial charge is 0.314 e. The summed E-state index contributed by atoms with van der Waals surface area (Å²) in [7, 11) is 0. The van der Waals surface area contributed by atoms with E-state index in [1.165, 1.54) is 83.9 Å².